The van der Waals surface area contributed by atoms with E-state index in [1.807, 2.05) is 6.92 Å². The van der Waals surface area contributed by atoms with Crippen LogP contribution in [-0.4, -0.2) is 29.4 Å². The summed E-state index contributed by atoms with van der Waals surface area (Å²) in [6.45, 7) is 1.79. The Morgan fingerprint density at radius 3 is 2.74 bits per heavy atom. The molecule has 0 heterocycles. The fraction of sp³-hybridized carbons (Fsp3) is 0.462. The molecule has 1 amide bonds. The zero-order valence-corrected chi connectivity index (χ0v) is 11.5. The van der Waals surface area contributed by atoms with Crippen LogP contribution in [0.25, 0.3) is 0 Å². The maximum Gasteiger partial charge on any atom is 0.221 e. The summed E-state index contributed by atoms with van der Waals surface area (Å²) in [5.41, 5.74) is 0. The van der Waals surface area contributed by atoms with Crippen molar-refractivity contribution in [2.45, 2.75) is 30.7 Å². The molecule has 1 rings (SSSR count). The fourth-order valence-electron chi connectivity index (χ4n) is 1.40. The summed E-state index contributed by atoms with van der Waals surface area (Å²) in [6, 6.07) is 3.43. The van der Waals surface area contributed by atoms with Crippen LogP contribution < -0.4 is 5.32 Å². The van der Waals surface area contributed by atoms with Crippen molar-refractivity contribution < 1.29 is 18.7 Å². The molecule has 0 saturated heterocycles. The third-order valence-electron chi connectivity index (χ3n) is 2.57. The summed E-state index contributed by atoms with van der Waals surface area (Å²) in [6.07, 6.45) is 0.929. The Morgan fingerprint density at radius 2 is 2.16 bits per heavy atom. The van der Waals surface area contributed by atoms with Crippen molar-refractivity contribution in [3.8, 4) is 0 Å². The minimum absolute atomic E-state index is 0.0848. The Labute approximate surface area is 115 Å². The highest BCUT2D eigenvalue weighted by atomic mass is 32.2. The van der Waals surface area contributed by atoms with E-state index in [1.165, 1.54) is 17.8 Å². The molecule has 0 fully saturated rings. The number of rotatable bonds is 7. The molecular weight excluding hydrogens is 272 g/mol. The lowest BCUT2D eigenvalue weighted by atomic mass is 10.2. The lowest BCUT2D eigenvalue weighted by Crippen LogP contribution is -2.37. The molecule has 0 radical (unpaired) electrons. The molecule has 19 heavy (non-hydrogen) atoms. The van der Waals surface area contributed by atoms with Crippen LogP contribution in [0.5, 0.6) is 0 Å². The number of halogens is 2. The van der Waals surface area contributed by atoms with Crippen LogP contribution in [0.3, 0.4) is 0 Å². The van der Waals surface area contributed by atoms with Crippen LogP contribution in [0, 0.1) is 11.6 Å². The number of carbonyl (C=O) groups is 1. The van der Waals surface area contributed by atoms with Crippen LogP contribution in [0.1, 0.15) is 19.8 Å². The first-order valence-corrected chi connectivity index (χ1v) is 7.03. The van der Waals surface area contributed by atoms with Gasteiger partial charge in [0.05, 0.1) is 12.6 Å². The molecule has 1 aromatic rings. The molecule has 6 heteroatoms. The van der Waals surface area contributed by atoms with Gasteiger partial charge in [0, 0.05) is 17.1 Å². The van der Waals surface area contributed by atoms with Gasteiger partial charge in [-0.1, -0.05) is 6.92 Å². The van der Waals surface area contributed by atoms with Gasteiger partial charge in [0.1, 0.15) is 0 Å². The zero-order valence-electron chi connectivity index (χ0n) is 10.7. The molecule has 3 nitrogen and oxygen atoms in total. The molecule has 2 N–H and O–H groups in total. The van der Waals surface area contributed by atoms with Crippen molar-refractivity contribution in [1.82, 2.24) is 5.32 Å². The van der Waals surface area contributed by atoms with Crippen molar-refractivity contribution in [3.05, 3.63) is 29.8 Å². The van der Waals surface area contributed by atoms with E-state index in [-0.39, 0.29) is 25.0 Å². The second-order valence-corrected chi connectivity index (χ2v) is 5.20. The maximum absolute atomic E-state index is 12.9. The van der Waals surface area contributed by atoms with Gasteiger partial charge in [-0.05, 0) is 24.6 Å². The Kier molecular flexibility index (Phi) is 6.80. The van der Waals surface area contributed by atoms with Gasteiger partial charge in [-0.15, -0.1) is 11.8 Å². The number of benzene rings is 1. The van der Waals surface area contributed by atoms with E-state index in [0.29, 0.717) is 17.1 Å². The standard InChI is InChI=1S/C13H17F2NO2S/c1-2-9(8-17)16-13(18)5-6-19-10-3-4-11(14)12(15)7-10/h3-4,7,9,17H,2,5-6,8H2,1H3,(H,16,18)/t9-/m1/s1. The lowest BCUT2D eigenvalue weighted by Gasteiger charge is -2.13. The van der Waals surface area contributed by atoms with Gasteiger partial charge in [-0.3, -0.25) is 4.79 Å². The molecule has 0 aliphatic carbocycles. The first-order valence-electron chi connectivity index (χ1n) is 6.04. The van der Waals surface area contributed by atoms with Crippen molar-refractivity contribution in [2.75, 3.05) is 12.4 Å². The molecule has 106 valence electrons. The van der Waals surface area contributed by atoms with E-state index in [2.05, 4.69) is 5.32 Å². The van der Waals surface area contributed by atoms with E-state index in [1.54, 1.807) is 0 Å². The molecule has 0 aliphatic heterocycles. The van der Waals surface area contributed by atoms with Crippen LogP contribution in [-0.2, 0) is 4.79 Å². The number of thioether (sulfide) groups is 1. The number of aliphatic hydroxyl groups is 1. The minimum atomic E-state index is -0.888. The number of hydrogen-bond donors (Lipinski definition) is 2. The Balaban J connectivity index is 2.33. The van der Waals surface area contributed by atoms with Crippen LogP contribution >= 0.6 is 11.8 Å². The second-order valence-electron chi connectivity index (χ2n) is 4.03. The summed E-state index contributed by atoms with van der Waals surface area (Å²) < 4.78 is 25.6. The smallest absolute Gasteiger partial charge is 0.221 e. The molecule has 0 bridgehead atoms. The first-order chi connectivity index (χ1) is 9.06. The van der Waals surface area contributed by atoms with Crippen molar-refractivity contribution in [2.24, 2.45) is 0 Å². The van der Waals surface area contributed by atoms with E-state index >= 15 is 0 Å². The summed E-state index contributed by atoms with van der Waals surface area (Å²) in [7, 11) is 0. The predicted octanol–water partition coefficient (Wildman–Crippen LogP) is 2.33. The average Bonchev–Trinajstić information content (AvgIpc) is 2.40. The summed E-state index contributed by atoms with van der Waals surface area (Å²) >= 11 is 1.28. The number of hydrogen-bond acceptors (Lipinski definition) is 3. The van der Waals surface area contributed by atoms with Gasteiger partial charge in [-0.25, -0.2) is 8.78 Å². The van der Waals surface area contributed by atoms with Gasteiger partial charge in [0.2, 0.25) is 5.91 Å². The monoisotopic (exact) mass is 289 g/mol. The topological polar surface area (TPSA) is 49.3 Å². The van der Waals surface area contributed by atoms with Crippen molar-refractivity contribution in [1.29, 1.82) is 0 Å². The van der Waals surface area contributed by atoms with Gasteiger partial charge >= 0.3 is 0 Å². The number of nitrogens with one attached hydrogen (secondary N) is 1. The second kappa shape index (κ2) is 8.12. The highest BCUT2D eigenvalue weighted by Gasteiger charge is 2.09. The molecule has 0 saturated carbocycles. The largest absolute Gasteiger partial charge is 0.394 e. The minimum Gasteiger partial charge on any atom is -0.394 e. The third-order valence-corrected chi connectivity index (χ3v) is 3.56. The van der Waals surface area contributed by atoms with Gasteiger partial charge in [0.15, 0.2) is 11.6 Å². The summed E-state index contributed by atoms with van der Waals surface area (Å²) in [5, 5.41) is 11.6. The molecule has 0 aromatic heterocycles. The normalized spacial score (nSPS) is 12.2. The molecule has 0 unspecified atom stereocenters. The van der Waals surface area contributed by atoms with Gasteiger partial charge in [-0.2, -0.15) is 0 Å². The van der Waals surface area contributed by atoms with E-state index in [9.17, 15) is 13.6 Å². The van der Waals surface area contributed by atoms with Crippen LogP contribution in [0.15, 0.2) is 23.1 Å². The van der Waals surface area contributed by atoms with Crippen LogP contribution in [0.2, 0.25) is 0 Å². The number of aliphatic hydroxyl groups excluding tert-OH is 1. The number of amides is 1. The predicted molar refractivity (Wildman–Crippen MR) is 71.0 cm³/mol. The Morgan fingerprint density at radius 1 is 1.42 bits per heavy atom. The molecular formula is C13H17F2NO2S. The Bertz CT molecular complexity index is 425. The SMILES string of the molecule is CC[C@H](CO)NC(=O)CCSc1ccc(F)c(F)c1. The average molecular weight is 289 g/mol. The van der Waals surface area contributed by atoms with Gasteiger partial charge in [0.25, 0.3) is 0 Å². The lowest BCUT2D eigenvalue weighted by molar-refractivity contribution is -0.121. The highest BCUT2D eigenvalue weighted by molar-refractivity contribution is 7.99. The summed E-state index contributed by atoms with van der Waals surface area (Å²) in [4.78, 5) is 12.1. The van der Waals surface area contributed by atoms with Crippen LogP contribution in [0.4, 0.5) is 8.78 Å². The maximum atomic E-state index is 12.9. The molecule has 0 spiro atoms. The van der Waals surface area contributed by atoms with Gasteiger partial charge < -0.3 is 10.4 Å². The molecule has 1 aromatic carbocycles. The molecule has 1 atom stereocenters. The third kappa shape index (κ3) is 5.57. The van der Waals surface area contributed by atoms with E-state index < -0.39 is 11.6 Å². The Hall–Kier alpha value is -1.14. The fourth-order valence-corrected chi connectivity index (χ4v) is 2.28. The first kappa shape index (κ1) is 15.9. The quantitative estimate of drug-likeness (QED) is 0.757. The van der Waals surface area contributed by atoms with Crippen molar-refractivity contribution in [3.63, 3.8) is 0 Å². The highest BCUT2D eigenvalue weighted by Crippen LogP contribution is 2.20. The summed E-state index contributed by atoms with van der Waals surface area (Å²) in [5.74, 6) is -1.45. The van der Waals surface area contributed by atoms with E-state index in [4.69, 9.17) is 5.11 Å². The number of carbonyl (C=O) groups excluding carboxylic acids is 1. The zero-order chi connectivity index (χ0) is 14.3. The molecule has 0 aliphatic rings. The van der Waals surface area contributed by atoms with Crippen molar-refractivity contribution >= 4 is 17.7 Å². The van der Waals surface area contributed by atoms with E-state index in [0.717, 1.165) is 12.1 Å².